The van der Waals surface area contributed by atoms with Gasteiger partial charge in [0.25, 0.3) is 11.7 Å². The average molecular weight is 305 g/mol. The van der Waals surface area contributed by atoms with Crippen LogP contribution in [0.1, 0.15) is 28.9 Å². The minimum atomic E-state index is -1.02. The molecule has 2 aromatic rings. The van der Waals surface area contributed by atoms with Gasteiger partial charge in [-0.25, -0.2) is 4.39 Å². The van der Waals surface area contributed by atoms with E-state index in [0.29, 0.717) is 12.1 Å². The first-order chi connectivity index (χ1) is 10.5. The lowest BCUT2D eigenvalue weighted by Crippen LogP contribution is -2.34. The number of nitrogens with zero attached hydrogens (tertiary/aromatic N) is 2. The van der Waals surface area contributed by atoms with E-state index in [-0.39, 0.29) is 12.1 Å². The number of nitrogens with one attached hydrogen (secondary N) is 1. The maximum atomic E-state index is 12.8. The van der Waals surface area contributed by atoms with Gasteiger partial charge in [-0.3, -0.25) is 14.3 Å². The largest absolute Gasteiger partial charge is 0.387 e. The summed E-state index contributed by atoms with van der Waals surface area (Å²) in [5.41, 5.74) is 0.642. The van der Waals surface area contributed by atoms with E-state index in [1.54, 1.807) is 0 Å². The summed E-state index contributed by atoms with van der Waals surface area (Å²) >= 11 is 0. The summed E-state index contributed by atoms with van der Waals surface area (Å²) in [7, 11) is 0. The van der Waals surface area contributed by atoms with Crippen LogP contribution in [-0.2, 0) is 11.3 Å². The Hall–Kier alpha value is -2.54. The molecule has 1 aromatic heterocycles. The Balaban J connectivity index is 1.91. The highest BCUT2D eigenvalue weighted by atomic mass is 19.1. The molecular formula is C15H16FN3O3. The van der Waals surface area contributed by atoms with Crippen LogP contribution in [0.2, 0.25) is 0 Å². The molecule has 2 rings (SSSR count). The van der Waals surface area contributed by atoms with Gasteiger partial charge >= 0.3 is 0 Å². The zero-order valence-corrected chi connectivity index (χ0v) is 12.0. The third kappa shape index (κ3) is 3.76. The Labute approximate surface area is 126 Å². The van der Waals surface area contributed by atoms with Crippen molar-refractivity contribution in [3.05, 3.63) is 53.6 Å². The number of hydrogen-bond acceptors (Lipinski definition) is 4. The van der Waals surface area contributed by atoms with Crippen LogP contribution in [-0.4, -0.2) is 33.1 Å². The molecule has 0 aliphatic carbocycles. The van der Waals surface area contributed by atoms with Crippen LogP contribution in [0.25, 0.3) is 0 Å². The number of ketones is 1. The normalized spacial score (nSPS) is 12.0. The number of aliphatic hydroxyl groups excluding tert-OH is 1. The molecule has 0 aliphatic rings. The Morgan fingerprint density at radius 2 is 2.05 bits per heavy atom. The van der Waals surface area contributed by atoms with Crippen LogP contribution in [0.5, 0.6) is 0 Å². The second kappa shape index (κ2) is 6.95. The number of halogens is 1. The fourth-order valence-electron chi connectivity index (χ4n) is 1.86. The summed E-state index contributed by atoms with van der Waals surface area (Å²) in [5.74, 6) is -1.95. The number of carbonyl (C=O) groups is 2. The number of aliphatic hydroxyl groups is 1. The molecule has 0 spiro atoms. The maximum Gasteiger partial charge on any atom is 0.292 e. The fourth-order valence-corrected chi connectivity index (χ4v) is 1.86. The fraction of sp³-hybridized carbons (Fsp3) is 0.267. The monoisotopic (exact) mass is 305 g/mol. The first-order valence-corrected chi connectivity index (χ1v) is 6.79. The summed E-state index contributed by atoms with van der Waals surface area (Å²) in [4.78, 5) is 23.6. The molecule has 0 saturated heterocycles. The SMILES string of the molecule is CCn1cc(C(=O)C(=O)NCC(O)c2ccc(F)cc2)cn1. The van der Waals surface area contributed by atoms with Crippen LogP contribution >= 0.6 is 0 Å². The van der Waals surface area contributed by atoms with Crippen LogP contribution in [0.15, 0.2) is 36.7 Å². The molecule has 6 nitrogen and oxygen atoms in total. The van der Waals surface area contributed by atoms with Gasteiger partial charge in [0.1, 0.15) is 5.82 Å². The lowest BCUT2D eigenvalue weighted by atomic mass is 10.1. The van der Waals surface area contributed by atoms with Crippen molar-refractivity contribution in [2.75, 3.05) is 6.54 Å². The first-order valence-electron chi connectivity index (χ1n) is 6.79. The van der Waals surface area contributed by atoms with E-state index in [1.165, 1.54) is 41.3 Å². The minimum Gasteiger partial charge on any atom is -0.387 e. The van der Waals surface area contributed by atoms with Gasteiger partial charge in [0.2, 0.25) is 0 Å². The molecule has 1 amide bonds. The summed E-state index contributed by atoms with van der Waals surface area (Å²) in [6.07, 6.45) is 1.79. The molecular weight excluding hydrogens is 289 g/mol. The lowest BCUT2D eigenvalue weighted by Gasteiger charge is -2.11. The molecule has 0 aliphatic heterocycles. The van der Waals surface area contributed by atoms with Gasteiger partial charge in [0, 0.05) is 19.3 Å². The quantitative estimate of drug-likeness (QED) is 0.618. The zero-order chi connectivity index (χ0) is 16.1. The highest BCUT2D eigenvalue weighted by Crippen LogP contribution is 2.12. The number of carbonyl (C=O) groups excluding carboxylic acids is 2. The Morgan fingerprint density at radius 1 is 1.36 bits per heavy atom. The Morgan fingerprint density at radius 3 is 2.64 bits per heavy atom. The summed E-state index contributed by atoms with van der Waals surface area (Å²) in [6, 6.07) is 5.26. The van der Waals surface area contributed by atoms with Crippen molar-refractivity contribution >= 4 is 11.7 Å². The first kappa shape index (κ1) is 15.8. The number of Topliss-reactive ketones (excluding diaryl/α,β-unsaturated/α-hetero) is 1. The summed E-state index contributed by atoms with van der Waals surface area (Å²) in [5, 5.41) is 16.2. The molecule has 1 aromatic carbocycles. The second-order valence-corrected chi connectivity index (χ2v) is 4.69. The van der Waals surface area contributed by atoms with Crippen molar-refractivity contribution in [2.24, 2.45) is 0 Å². The van der Waals surface area contributed by atoms with Crippen molar-refractivity contribution in [3.63, 3.8) is 0 Å². The van der Waals surface area contributed by atoms with Crippen LogP contribution < -0.4 is 5.32 Å². The molecule has 1 unspecified atom stereocenters. The number of benzene rings is 1. The molecule has 7 heteroatoms. The van der Waals surface area contributed by atoms with E-state index in [9.17, 15) is 19.1 Å². The molecule has 0 radical (unpaired) electrons. The van der Waals surface area contributed by atoms with Gasteiger partial charge in [-0.05, 0) is 24.6 Å². The van der Waals surface area contributed by atoms with Gasteiger partial charge in [0.15, 0.2) is 0 Å². The van der Waals surface area contributed by atoms with Crippen LogP contribution in [0.4, 0.5) is 4.39 Å². The van der Waals surface area contributed by atoms with Crippen molar-refractivity contribution in [1.82, 2.24) is 15.1 Å². The molecule has 1 heterocycles. The Bertz CT molecular complexity index is 667. The van der Waals surface area contributed by atoms with Crippen molar-refractivity contribution in [2.45, 2.75) is 19.6 Å². The summed E-state index contributed by atoms with van der Waals surface area (Å²) < 4.78 is 14.3. The third-order valence-corrected chi connectivity index (χ3v) is 3.14. The highest BCUT2D eigenvalue weighted by Gasteiger charge is 2.19. The molecule has 22 heavy (non-hydrogen) atoms. The highest BCUT2D eigenvalue weighted by molar-refractivity contribution is 6.42. The van der Waals surface area contributed by atoms with E-state index >= 15 is 0 Å². The third-order valence-electron chi connectivity index (χ3n) is 3.14. The summed E-state index contributed by atoms with van der Waals surface area (Å²) in [6.45, 7) is 2.32. The standard InChI is InChI=1S/C15H16FN3O3/c1-2-19-9-11(7-18-19)14(21)15(22)17-8-13(20)10-3-5-12(16)6-4-10/h3-7,9,13,20H,2,8H2,1H3,(H,17,22). The minimum absolute atomic E-state index is 0.141. The predicted molar refractivity (Wildman–Crippen MR) is 76.6 cm³/mol. The molecule has 0 saturated carbocycles. The van der Waals surface area contributed by atoms with Gasteiger partial charge in [0.05, 0.1) is 17.9 Å². The van der Waals surface area contributed by atoms with E-state index in [4.69, 9.17) is 0 Å². The van der Waals surface area contributed by atoms with E-state index in [1.807, 2.05) is 6.92 Å². The number of aryl methyl sites for hydroxylation is 1. The smallest absolute Gasteiger partial charge is 0.292 e. The van der Waals surface area contributed by atoms with Gasteiger partial charge < -0.3 is 10.4 Å². The van der Waals surface area contributed by atoms with Crippen LogP contribution in [0.3, 0.4) is 0 Å². The molecule has 116 valence electrons. The molecule has 0 fully saturated rings. The topological polar surface area (TPSA) is 84.2 Å². The molecule has 1 atom stereocenters. The lowest BCUT2D eigenvalue weighted by molar-refractivity contribution is -0.117. The number of amides is 1. The van der Waals surface area contributed by atoms with Crippen molar-refractivity contribution < 1.29 is 19.1 Å². The van der Waals surface area contributed by atoms with Crippen molar-refractivity contribution in [1.29, 1.82) is 0 Å². The Kier molecular flexibility index (Phi) is 5.00. The molecule has 0 bridgehead atoms. The van der Waals surface area contributed by atoms with Gasteiger partial charge in [-0.2, -0.15) is 5.10 Å². The van der Waals surface area contributed by atoms with E-state index in [2.05, 4.69) is 10.4 Å². The number of rotatable bonds is 6. The predicted octanol–water partition coefficient (Wildman–Crippen LogP) is 1.07. The van der Waals surface area contributed by atoms with Crippen LogP contribution in [0, 0.1) is 5.82 Å². The zero-order valence-electron chi connectivity index (χ0n) is 12.0. The van der Waals surface area contributed by atoms with Gasteiger partial charge in [-0.15, -0.1) is 0 Å². The average Bonchev–Trinajstić information content (AvgIpc) is 3.01. The van der Waals surface area contributed by atoms with E-state index in [0.717, 1.165) is 0 Å². The van der Waals surface area contributed by atoms with Gasteiger partial charge in [-0.1, -0.05) is 12.1 Å². The van der Waals surface area contributed by atoms with E-state index < -0.39 is 23.6 Å². The number of hydrogen-bond donors (Lipinski definition) is 2. The number of aromatic nitrogens is 2. The molecule has 2 N–H and O–H groups in total. The second-order valence-electron chi connectivity index (χ2n) is 4.69. The maximum absolute atomic E-state index is 12.8. The van der Waals surface area contributed by atoms with Crippen molar-refractivity contribution in [3.8, 4) is 0 Å².